The Morgan fingerprint density at radius 3 is 2.93 bits per heavy atom. The maximum Gasteiger partial charge on any atom is 0.241 e. The second-order valence-corrected chi connectivity index (χ2v) is 4.33. The number of amides is 1. The zero-order chi connectivity index (χ0) is 10.8. The Labute approximate surface area is 90.7 Å². The van der Waals surface area contributed by atoms with Crippen LogP contribution in [0.4, 0.5) is 5.69 Å². The molecule has 4 nitrogen and oxygen atoms in total. The van der Waals surface area contributed by atoms with Crippen molar-refractivity contribution in [1.82, 2.24) is 0 Å². The summed E-state index contributed by atoms with van der Waals surface area (Å²) in [6, 6.07) is 7.28. The van der Waals surface area contributed by atoms with Gasteiger partial charge in [0.05, 0.1) is 5.69 Å². The van der Waals surface area contributed by atoms with Gasteiger partial charge in [0.25, 0.3) is 0 Å². The van der Waals surface area contributed by atoms with Gasteiger partial charge in [-0.25, -0.2) is 0 Å². The van der Waals surface area contributed by atoms with Crippen LogP contribution in [0.2, 0.25) is 0 Å². The summed E-state index contributed by atoms with van der Waals surface area (Å²) in [5, 5.41) is 11.2. The Kier molecular flexibility index (Phi) is 2.75. The molecule has 1 amide bonds. The van der Waals surface area contributed by atoms with Crippen LogP contribution in [0.15, 0.2) is 29.2 Å². The lowest BCUT2D eigenvalue weighted by Crippen LogP contribution is -2.38. The van der Waals surface area contributed by atoms with Crippen molar-refractivity contribution in [3.8, 4) is 0 Å². The monoisotopic (exact) mass is 223 g/mol. The van der Waals surface area contributed by atoms with Gasteiger partial charge >= 0.3 is 0 Å². The highest BCUT2D eigenvalue weighted by Crippen LogP contribution is 2.36. The number of carbonyl (C=O) groups excluding carboxylic acids is 2. The number of para-hydroxylation sites is 1. The van der Waals surface area contributed by atoms with Crippen LogP contribution in [-0.4, -0.2) is 28.7 Å². The van der Waals surface area contributed by atoms with Gasteiger partial charge in [-0.3, -0.25) is 4.79 Å². The fourth-order valence-electron chi connectivity index (χ4n) is 1.36. The van der Waals surface area contributed by atoms with Gasteiger partial charge in [-0.2, -0.15) is 0 Å². The van der Waals surface area contributed by atoms with E-state index >= 15 is 0 Å². The average Bonchev–Trinajstić information content (AvgIpc) is 2.27. The van der Waals surface area contributed by atoms with Crippen molar-refractivity contribution in [3.63, 3.8) is 0 Å². The minimum absolute atomic E-state index is 0.335. The van der Waals surface area contributed by atoms with Crippen LogP contribution in [0, 0.1) is 0 Å². The summed E-state index contributed by atoms with van der Waals surface area (Å²) in [6.07, 6.45) is -0.881. The molecule has 0 bridgehead atoms. The van der Waals surface area contributed by atoms with E-state index in [0.717, 1.165) is 10.6 Å². The summed E-state index contributed by atoms with van der Waals surface area (Å²) < 4.78 is 0. The molecule has 0 aliphatic carbocycles. The quantitative estimate of drug-likeness (QED) is 0.723. The first-order valence-corrected chi connectivity index (χ1v) is 5.30. The van der Waals surface area contributed by atoms with E-state index in [1.807, 2.05) is 18.2 Å². The van der Waals surface area contributed by atoms with Crippen LogP contribution >= 0.6 is 11.8 Å². The Bertz CT molecular complexity index is 407. The van der Waals surface area contributed by atoms with E-state index in [9.17, 15) is 14.7 Å². The first-order chi connectivity index (χ1) is 7.22. The smallest absolute Gasteiger partial charge is 0.241 e. The van der Waals surface area contributed by atoms with Crippen molar-refractivity contribution in [2.24, 2.45) is 0 Å². The molecule has 2 atom stereocenters. The van der Waals surface area contributed by atoms with Gasteiger partial charge in [0, 0.05) is 4.90 Å². The molecular formula is C10H9NO3S. The van der Waals surface area contributed by atoms with Gasteiger partial charge in [-0.1, -0.05) is 12.1 Å². The molecule has 0 fully saturated rings. The first-order valence-electron chi connectivity index (χ1n) is 4.42. The highest BCUT2D eigenvalue weighted by molar-refractivity contribution is 8.01. The molecule has 0 spiro atoms. The molecule has 0 saturated heterocycles. The number of benzene rings is 1. The van der Waals surface area contributed by atoms with Crippen molar-refractivity contribution >= 4 is 29.6 Å². The zero-order valence-corrected chi connectivity index (χ0v) is 8.53. The van der Waals surface area contributed by atoms with E-state index in [1.165, 1.54) is 11.8 Å². The fourth-order valence-corrected chi connectivity index (χ4v) is 2.41. The Hall–Kier alpha value is -1.33. The van der Waals surface area contributed by atoms with Crippen molar-refractivity contribution < 1.29 is 14.7 Å². The molecule has 0 aromatic heterocycles. The van der Waals surface area contributed by atoms with Gasteiger partial charge in [-0.05, 0) is 12.1 Å². The number of nitrogens with one attached hydrogen (secondary N) is 1. The summed E-state index contributed by atoms with van der Waals surface area (Å²) in [4.78, 5) is 22.8. The number of fused-ring (bicyclic) bond motifs is 1. The summed E-state index contributed by atoms with van der Waals surface area (Å²) >= 11 is 1.20. The molecule has 2 N–H and O–H groups in total. The number of rotatable bonds is 2. The Balaban J connectivity index is 2.29. The van der Waals surface area contributed by atoms with Crippen molar-refractivity contribution in [2.75, 3.05) is 5.32 Å². The average molecular weight is 223 g/mol. The summed E-state index contributed by atoms with van der Waals surface area (Å²) in [7, 11) is 0. The topological polar surface area (TPSA) is 66.4 Å². The van der Waals surface area contributed by atoms with E-state index in [-0.39, 0.29) is 5.91 Å². The number of carbonyl (C=O) groups is 2. The van der Waals surface area contributed by atoms with E-state index in [0.29, 0.717) is 6.29 Å². The standard InChI is InChI=1S/C10H9NO3S/c12-5-7(13)9-10(14)11-6-3-1-2-4-8(6)15-9/h1-5,7,9,13H,(H,11,14). The number of aliphatic hydroxyl groups excluding tert-OH is 1. The van der Waals surface area contributed by atoms with Crippen LogP contribution in [0.25, 0.3) is 0 Å². The lowest BCUT2D eigenvalue weighted by atomic mass is 10.2. The van der Waals surface area contributed by atoms with Crippen molar-refractivity contribution in [1.29, 1.82) is 0 Å². The number of hydrogen-bond acceptors (Lipinski definition) is 4. The molecular weight excluding hydrogens is 214 g/mol. The molecule has 78 valence electrons. The zero-order valence-electron chi connectivity index (χ0n) is 7.71. The largest absolute Gasteiger partial charge is 0.384 e. The van der Waals surface area contributed by atoms with Crippen LogP contribution in [0.3, 0.4) is 0 Å². The molecule has 1 heterocycles. The second-order valence-electron chi connectivity index (χ2n) is 3.15. The number of aliphatic hydroxyl groups is 1. The van der Waals surface area contributed by atoms with Gasteiger partial charge < -0.3 is 15.2 Å². The third-order valence-corrected chi connectivity index (χ3v) is 3.46. The summed E-state index contributed by atoms with van der Waals surface area (Å²) in [5.74, 6) is -0.335. The van der Waals surface area contributed by atoms with Gasteiger partial charge in [0.1, 0.15) is 17.6 Å². The van der Waals surface area contributed by atoms with Crippen molar-refractivity contribution in [2.45, 2.75) is 16.2 Å². The fraction of sp³-hybridized carbons (Fsp3) is 0.200. The van der Waals surface area contributed by atoms with E-state index in [4.69, 9.17) is 0 Å². The summed E-state index contributed by atoms with van der Waals surface area (Å²) in [5.41, 5.74) is 0.724. The minimum Gasteiger partial charge on any atom is -0.384 e. The predicted octanol–water partition coefficient (Wildman–Crippen LogP) is 0.659. The van der Waals surface area contributed by atoms with Crippen LogP contribution in [0.5, 0.6) is 0 Å². The molecule has 2 rings (SSSR count). The molecule has 5 heteroatoms. The highest BCUT2D eigenvalue weighted by atomic mass is 32.2. The van der Waals surface area contributed by atoms with Gasteiger partial charge in [0.2, 0.25) is 5.91 Å². The SMILES string of the molecule is O=CC(O)C1Sc2ccccc2NC1=O. The molecule has 1 aliphatic heterocycles. The third kappa shape index (κ3) is 1.88. The number of hydrogen-bond donors (Lipinski definition) is 2. The third-order valence-electron chi connectivity index (χ3n) is 2.11. The molecule has 1 aromatic rings. The molecule has 2 unspecified atom stereocenters. The van der Waals surface area contributed by atoms with Crippen LogP contribution in [0.1, 0.15) is 0 Å². The number of thioether (sulfide) groups is 1. The molecule has 0 radical (unpaired) electrons. The molecule has 1 aliphatic rings. The number of aldehydes is 1. The number of anilines is 1. The lowest BCUT2D eigenvalue weighted by Gasteiger charge is -2.24. The lowest BCUT2D eigenvalue weighted by molar-refractivity contribution is -0.122. The van der Waals surface area contributed by atoms with E-state index < -0.39 is 11.4 Å². The molecule has 0 saturated carbocycles. The molecule has 1 aromatic carbocycles. The van der Waals surface area contributed by atoms with Crippen LogP contribution < -0.4 is 5.32 Å². The second kappa shape index (κ2) is 4.04. The van der Waals surface area contributed by atoms with Crippen molar-refractivity contribution in [3.05, 3.63) is 24.3 Å². The Morgan fingerprint density at radius 1 is 1.47 bits per heavy atom. The van der Waals surface area contributed by atoms with E-state index in [2.05, 4.69) is 5.32 Å². The van der Waals surface area contributed by atoms with Gasteiger partial charge in [-0.15, -0.1) is 11.8 Å². The van der Waals surface area contributed by atoms with Crippen LogP contribution in [-0.2, 0) is 9.59 Å². The summed E-state index contributed by atoms with van der Waals surface area (Å²) in [6.45, 7) is 0. The Morgan fingerprint density at radius 2 is 2.20 bits per heavy atom. The molecule has 15 heavy (non-hydrogen) atoms. The maximum absolute atomic E-state index is 11.5. The maximum atomic E-state index is 11.5. The minimum atomic E-state index is -1.26. The first kappa shape index (κ1) is 10.2. The highest BCUT2D eigenvalue weighted by Gasteiger charge is 2.32. The predicted molar refractivity (Wildman–Crippen MR) is 56.8 cm³/mol. The normalized spacial score (nSPS) is 21.4. The van der Waals surface area contributed by atoms with Gasteiger partial charge in [0.15, 0.2) is 0 Å². The van der Waals surface area contributed by atoms with E-state index in [1.54, 1.807) is 6.07 Å².